The van der Waals surface area contributed by atoms with E-state index in [2.05, 4.69) is 29.0 Å². The van der Waals surface area contributed by atoms with Crippen LogP contribution in [0.15, 0.2) is 0 Å². The Labute approximate surface area is 130 Å². The molecule has 3 aliphatic rings. The van der Waals surface area contributed by atoms with Crippen LogP contribution in [0.25, 0.3) is 0 Å². The molecule has 0 aromatic carbocycles. The Kier molecular flexibility index (Phi) is 5.54. The Morgan fingerprint density at radius 3 is 2.62 bits per heavy atom. The first-order valence-corrected chi connectivity index (χ1v) is 9.12. The molecular weight excluding hydrogens is 262 g/mol. The maximum Gasteiger partial charge on any atom is 0.0829 e. The fourth-order valence-electron chi connectivity index (χ4n) is 4.48. The van der Waals surface area contributed by atoms with Gasteiger partial charge in [0.25, 0.3) is 0 Å². The molecule has 0 aliphatic carbocycles. The lowest BCUT2D eigenvalue weighted by Crippen LogP contribution is -2.53. The van der Waals surface area contributed by atoms with E-state index in [1.807, 2.05) is 0 Å². The first kappa shape index (κ1) is 15.7. The van der Waals surface area contributed by atoms with Gasteiger partial charge in [-0.2, -0.15) is 0 Å². The Morgan fingerprint density at radius 2 is 1.95 bits per heavy atom. The first-order valence-electron chi connectivity index (χ1n) is 9.12. The molecule has 2 bridgehead atoms. The van der Waals surface area contributed by atoms with Gasteiger partial charge < -0.3 is 10.1 Å². The molecule has 3 fully saturated rings. The molecule has 1 N–H and O–H groups in total. The minimum absolute atomic E-state index is 0.415. The zero-order valence-electron chi connectivity index (χ0n) is 13.9. The van der Waals surface area contributed by atoms with Crippen LogP contribution in [0.5, 0.6) is 0 Å². The third-order valence-electron chi connectivity index (χ3n) is 5.58. The molecule has 3 unspecified atom stereocenters. The van der Waals surface area contributed by atoms with Crippen LogP contribution >= 0.6 is 0 Å². The summed E-state index contributed by atoms with van der Waals surface area (Å²) >= 11 is 0. The molecule has 0 saturated carbocycles. The van der Waals surface area contributed by atoms with Gasteiger partial charge in [-0.25, -0.2) is 0 Å². The predicted molar refractivity (Wildman–Crippen MR) is 86.7 cm³/mol. The molecule has 0 spiro atoms. The van der Waals surface area contributed by atoms with Crippen LogP contribution in [0.2, 0.25) is 0 Å². The lowest BCUT2D eigenvalue weighted by molar-refractivity contribution is -0.0499. The normalized spacial score (nSPS) is 37.3. The monoisotopic (exact) mass is 295 g/mol. The Morgan fingerprint density at radius 1 is 1.19 bits per heavy atom. The van der Waals surface area contributed by atoms with Crippen LogP contribution in [0.3, 0.4) is 0 Å². The average Bonchev–Trinajstić information content (AvgIpc) is 2.85. The minimum Gasteiger partial charge on any atom is -0.374 e. The minimum atomic E-state index is 0.415. The van der Waals surface area contributed by atoms with E-state index in [4.69, 9.17) is 4.74 Å². The van der Waals surface area contributed by atoms with Gasteiger partial charge in [0, 0.05) is 37.8 Å². The van der Waals surface area contributed by atoms with Gasteiger partial charge in [0.1, 0.15) is 0 Å². The van der Waals surface area contributed by atoms with Crippen molar-refractivity contribution in [2.75, 3.05) is 39.3 Å². The van der Waals surface area contributed by atoms with Crippen molar-refractivity contribution in [3.63, 3.8) is 0 Å². The van der Waals surface area contributed by atoms with Gasteiger partial charge in [0.05, 0.1) is 12.7 Å². The van der Waals surface area contributed by atoms with Crippen molar-refractivity contribution in [2.24, 2.45) is 0 Å². The van der Waals surface area contributed by atoms with Gasteiger partial charge in [0.15, 0.2) is 0 Å². The van der Waals surface area contributed by atoms with Gasteiger partial charge in [-0.3, -0.25) is 9.80 Å². The summed E-state index contributed by atoms with van der Waals surface area (Å²) in [6.07, 6.45) is 7.15. The molecule has 3 atom stereocenters. The molecule has 3 heterocycles. The van der Waals surface area contributed by atoms with E-state index >= 15 is 0 Å². The van der Waals surface area contributed by atoms with E-state index in [0.29, 0.717) is 6.10 Å². The Bertz CT molecular complexity index is 313. The molecule has 0 aromatic heterocycles. The van der Waals surface area contributed by atoms with E-state index in [1.165, 1.54) is 38.6 Å². The topological polar surface area (TPSA) is 27.7 Å². The number of hydrogen-bond donors (Lipinski definition) is 1. The summed E-state index contributed by atoms with van der Waals surface area (Å²) < 4.78 is 6.05. The Hall–Kier alpha value is -0.160. The molecular formula is C17H33N3O. The van der Waals surface area contributed by atoms with Crippen molar-refractivity contribution in [3.8, 4) is 0 Å². The number of fused-ring (bicyclic) bond motifs is 2. The van der Waals surface area contributed by atoms with Crippen LogP contribution < -0.4 is 5.32 Å². The maximum absolute atomic E-state index is 6.05. The molecule has 3 rings (SSSR count). The highest BCUT2D eigenvalue weighted by Crippen LogP contribution is 2.30. The number of nitrogens with one attached hydrogen (secondary N) is 1. The van der Waals surface area contributed by atoms with Crippen molar-refractivity contribution in [1.29, 1.82) is 0 Å². The molecule has 0 amide bonds. The highest BCUT2D eigenvalue weighted by Gasteiger charge is 2.36. The second-order valence-electron chi connectivity index (χ2n) is 7.14. The van der Waals surface area contributed by atoms with Crippen LogP contribution in [0.1, 0.15) is 46.0 Å². The summed E-state index contributed by atoms with van der Waals surface area (Å²) in [7, 11) is 0. The van der Waals surface area contributed by atoms with E-state index in [9.17, 15) is 0 Å². The van der Waals surface area contributed by atoms with Gasteiger partial charge >= 0.3 is 0 Å². The Balaban J connectivity index is 1.56. The van der Waals surface area contributed by atoms with Crippen LogP contribution in [-0.2, 0) is 4.74 Å². The fourth-order valence-corrected chi connectivity index (χ4v) is 4.48. The summed E-state index contributed by atoms with van der Waals surface area (Å²) in [5.41, 5.74) is 0. The molecule has 0 radical (unpaired) electrons. The SMILES string of the molecule is CCCN(CC1CN(CC)CCO1)C1CC2CCC(C1)N2. The number of hydrogen-bond acceptors (Lipinski definition) is 4. The number of piperidine rings is 1. The van der Waals surface area contributed by atoms with Crippen LogP contribution in [0, 0.1) is 0 Å². The van der Waals surface area contributed by atoms with E-state index in [-0.39, 0.29) is 0 Å². The second-order valence-corrected chi connectivity index (χ2v) is 7.14. The van der Waals surface area contributed by atoms with Crippen molar-refractivity contribution >= 4 is 0 Å². The van der Waals surface area contributed by atoms with Crippen molar-refractivity contribution < 1.29 is 4.74 Å². The third kappa shape index (κ3) is 3.98. The summed E-state index contributed by atoms with van der Waals surface area (Å²) in [6, 6.07) is 2.35. The maximum atomic E-state index is 6.05. The zero-order valence-corrected chi connectivity index (χ0v) is 13.9. The number of morpholine rings is 1. The number of ether oxygens (including phenoxy) is 1. The van der Waals surface area contributed by atoms with Gasteiger partial charge in [-0.1, -0.05) is 13.8 Å². The zero-order chi connectivity index (χ0) is 14.7. The molecule has 3 saturated heterocycles. The summed E-state index contributed by atoms with van der Waals surface area (Å²) in [5, 5.41) is 3.77. The second kappa shape index (κ2) is 7.40. The van der Waals surface area contributed by atoms with Crippen LogP contribution in [0.4, 0.5) is 0 Å². The summed E-state index contributed by atoms with van der Waals surface area (Å²) in [5.74, 6) is 0. The molecule has 4 nitrogen and oxygen atoms in total. The van der Waals surface area contributed by atoms with E-state index in [0.717, 1.165) is 50.9 Å². The highest BCUT2D eigenvalue weighted by molar-refractivity contribution is 4.96. The summed E-state index contributed by atoms with van der Waals surface area (Å²) in [6.45, 7) is 11.2. The molecule has 21 heavy (non-hydrogen) atoms. The average molecular weight is 295 g/mol. The largest absolute Gasteiger partial charge is 0.374 e. The van der Waals surface area contributed by atoms with Crippen molar-refractivity contribution in [3.05, 3.63) is 0 Å². The number of rotatable bonds is 6. The first-order chi connectivity index (χ1) is 10.3. The quantitative estimate of drug-likeness (QED) is 0.807. The highest BCUT2D eigenvalue weighted by atomic mass is 16.5. The van der Waals surface area contributed by atoms with Crippen molar-refractivity contribution in [2.45, 2.75) is 70.2 Å². The number of nitrogens with zero attached hydrogens (tertiary/aromatic N) is 2. The molecule has 0 aromatic rings. The lowest BCUT2D eigenvalue weighted by atomic mass is 9.97. The van der Waals surface area contributed by atoms with Gasteiger partial charge in [-0.15, -0.1) is 0 Å². The van der Waals surface area contributed by atoms with Gasteiger partial charge in [0.2, 0.25) is 0 Å². The summed E-state index contributed by atoms with van der Waals surface area (Å²) in [4.78, 5) is 5.28. The van der Waals surface area contributed by atoms with E-state index in [1.54, 1.807) is 0 Å². The molecule has 4 heteroatoms. The number of likely N-dealkylation sites (N-methyl/N-ethyl adjacent to an activating group) is 1. The predicted octanol–water partition coefficient (Wildman–Crippen LogP) is 1.70. The van der Waals surface area contributed by atoms with Gasteiger partial charge in [-0.05, 0) is 45.2 Å². The standard InChI is InChI=1S/C17H33N3O/c1-3-7-20(13-17-12-19(4-2)8-9-21-17)16-10-14-5-6-15(11-16)18-14/h14-18H,3-13H2,1-2H3. The third-order valence-corrected chi connectivity index (χ3v) is 5.58. The molecule has 3 aliphatic heterocycles. The lowest BCUT2D eigenvalue weighted by Gasteiger charge is -2.41. The molecule has 122 valence electrons. The fraction of sp³-hybridized carbons (Fsp3) is 1.00. The van der Waals surface area contributed by atoms with E-state index < -0.39 is 0 Å². The van der Waals surface area contributed by atoms with Crippen molar-refractivity contribution in [1.82, 2.24) is 15.1 Å². The van der Waals surface area contributed by atoms with Crippen LogP contribution in [-0.4, -0.2) is 73.4 Å². The smallest absolute Gasteiger partial charge is 0.0829 e.